The van der Waals surface area contributed by atoms with Crippen LogP contribution in [0.1, 0.15) is 23.2 Å². The van der Waals surface area contributed by atoms with E-state index < -0.39 is 17.8 Å². The molecule has 0 aromatic carbocycles. The third-order valence-corrected chi connectivity index (χ3v) is 3.11. The van der Waals surface area contributed by atoms with Gasteiger partial charge in [0.15, 0.2) is 0 Å². The molecule has 0 N–H and O–H groups in total. The first-order valence-corrected chi connectivity index (χ1v) is 6.61. The van der Waals surface area contributed by atoms with Gasteiger partial charge in [-0.2, -0.15) is 0 Å². The quantitative estimate of drug-likeness (QED) is 0.795. The molecular formula is C15H11N3O4. The first-order chi connectivity index (χ1) is 10.6. The molecule has 3 heterocycles. The summed E-state index contributed by atoms with van der Waals surface area (Å²) in [6, 6.07) is 8.54. The van der Waals surface area contributed by atoms with Crippen LogP contribution in [0.2, 0.25) is 0 Å². The van der Waals surface area contributed by atoms with Crippen molar-refractivity contribution in [3.8, 4) is 11.4 Å². The molecule has 0 saturated carbocycles. The lowest BCUT2D eigenvalue weighted by Crippen LogP contribution is -2.32. The van der Waals surface area contributed by atoms with Crippen LogP contribution in [0.25, 0.3) is 11.4 Å². The summed E-state index contributed by atoms with van der Waals surface area (Å²) in [5, 5.41) is 0.509. The topological polar surface area (TPSA) is 89.5 Å². The fraction of sp³-hybridized carbons (Fsp3) is 0.133. The van der Waals surface area contributed by atoms with E-state index in [-0.39, 0.29) is 18.4 Å². The highest BCUT2D eigenvalue weighted by Gasteiger charge is 2.33. The molecule has 2 aromatic rings. The molecule has 1 aliphatic rings. The maximum Gasteiger partial charge on any atom is 0.365 e. The van der Waals surface area contributed by atoms with Crippen LogP contribution >= 0.6 is 0 Å². The van der Waals surface area contributed by atoms with Crippen LogP contribution < -0.4 is 0 Å². The third-order valence-electron chi connectivity index (χ3n) is 3.11. The lowest BCUT2D eigenvalue weighted by molar-refractivity contribution is -0.172. The summed E-state index contributed by atoms with van der Waals surface area (Å²) in [6.45, 7) is 0. The summed E-state index contributed by atoms with van der Waals surface area (Å²) in [6.07, 6.45) is 3.08. The number of hydrogen-bond acceptors (Lipinski definition) is 6. The number of pyridine rings is 2. The number of carbonyl (C=O) groups is 3. The van der Waals surface area contributed by atoms with Crippen molar-refractivity contribution in [1.29, 1.82) is 0 Å². The number of rotatable bonds is 3. The predicted octanol–water partition coefficient (Wildman–Crippen LogP) is 1.36. The predicted molar refractivity (Wildman–Crippen MR) is 74.0 cm³/mol. The van der Waals surface area contributed by atoms with Crippen molar-refractivity contribution in [2.75, 3.05) is 0 Å². The normalized spacial score (nSPS) is 14.3. The molecule has 2 aromatic heterocycles. The summed E-state index contributed by atoms with van der Waals surface area (Å²) in [4.78, 5) is 47.8. The molecule has 0 unspecified atom stereocenters. The molecule has 0 aliphatic carbocycles. The minimum Gasteiger partial charge on any atom is -0.325 e. The van der Waals surface area contributed by atoms with Gasteiger partial charge in [-0.15, -0.1) is 5.06 Å². The van der Waals surface area contributed by atoms with Gasteiger partial charge in [-0.25, -0.2) is 4.79 Å². The Balaban J connectivity index is 1.74. The highest BCUT2D eigenvalue weighted by molar-refractivity contribution is 6.02. The van der Waals surface area contributed by atoms with Crippen LogP contribution in [-0.4, -0.2) is 32.8 Å². The largest absolute Gasteiger partial charge is 0.365 e. The van der Waals surface area contributed by atoms with Crippen molar-refractivity contribution >= 4 is 17.8 Å². The van der Waals surface area contributed by atoms with Gasteiger partial charge in [-0.3, -0.25) is 19.6 Å². The van der Waals surface area contributed by atoms with E-state index in [4.69, 9.17) is 4.84 Å². The number of hydroxylamine groups is 2. The highest BCUT2D eigenvalue weighted by atomic mass is 16.7. The van der Waals surface area contributed by atoms with E-state index in [1.807, 2.05) is 6.07 Å². The molecule has 7 nitrogen and oxygen atoms in total. The van der Waals surface area contributed by atoms with Crippen molar-refractivity contribution in [2.45, 2.75) is 12.8 Å². The maximum absolute atomic E-state index is 11.9. The molecule has 2 amide bonds. The van der Waals surface area contributed by atoms with Gasteiger partial charge in [0.05, 0.1) is 17.0 Å². The van der Waals surface area contributed by atoms with Gasteiger partial charge in [-0.05, 0) is 24.3 Å². The number of amides is 2. The molecule has 1 fully saturated rings. The number of aromatic nitrogens is 2. The van der Waals surface area contributed by atoms with Crippen LogP contribution in [0.3, 0.4) is 0 Å². The van der Waals surface area contributed by atoms with E-state index in [0.29, 0.717) is 16.5 Å². The minimum atomic E-state index is -0.802. The van der Waals surface area contributed by atoms with Crippen LogP contribution in [-0.2, 0) is 14.4 Å². The van der Waals surface area contributed by atoms with Gasteiger partial charge < -0.3 is 4.84 Å². The summed E-state index contributed by atoms with van der Waals surface area (Å²) in [5.74, 6) is -1.84. The average molecular weight is 297 g/mol. The van der Waals surface area contributed by atoms with Crippen molar-refractivity contribution in [3.05, 3.63) is 48.3 Å². The van der Waals surface area contributed by atoms with Gasteiger partial charge in [0.2, 0.25) is 0 Å². The second kappa shape index (κ2) is 5.72. The van der Waals surface area contributed by atoms with Crippen LogP contribution in [0.4, 0.5) is 0 Å². The maximum atomic E-state index is 11.9. The van der Waals surface area contributed by atoms with Crippen LogP contribution in [0.5, 0.6) is 0 Å². The molecule has 0 atom stereocenters. The minimum absolute atomic E-state index is 0.0585. The van der Waals surface area contributed by atoms with Crippen LogP contribution in [0.15, 0.2) is 42.7 Å². The molecular weight excluding hydrogens is 286 g/mol. The molecule has 1 saturated heterocycles. The molecule has 110 valence electrons. The third kappa shape index (κ3) is 2.69. The SMILES string of the molecule is O=C(ON1C(=O)CCC1=O)c1ccc(-c2ccccn2)nc1. The zero-order valence-corrected chi connectivity index (χ0v) is 11.4. The fourth-order valence-electron chi connectivity index (χ4n) is 1.97. The molecule has 0 bridgehead atoms. The molecule has 1 aliphatic heterocycles. The lowest BCUT2D eigenvalue weighted by atomic mass is 10.2. The first kappa shape index (κ1) is 13.9. The summed E-state index contributed by atoms with van der Waals surface area (Å²) < 4.78 is 0. The van der Waals surface area contributed by atoms with E-state index in [2.05, 4.69) is 9.97 Å². The second-order valence-corrected chi connectivity index (χ2v) is 4.61. The van der Waals surface area contributed by atoms with Crippen molar-refractivity contribution < 1.29 is 19.2 Å². The number of carbonyl (C=O) groups excluding carboxylic acids is 3. The van der Waals surface area contributed by atoms with Gasteiger partial charge in [0, 0.05) is 25.2 Å². The van der Waals surface area contributed by atoms with E-state index in [0.717, 1.165) is 0 Å². The zero-order chi connectivity index (χ0) is 15.5. The summed E-state index contributed by atoms with van der Waals surface area (Å²) in [7, 11) is 0. The molecule has 0 spiro atoms. The first-order valence-electron chi connectivity index (χ1n) is 6.61. The van der Waals surface area contributed by atoms with Crippen LogP contribution in [0, 0.1) is 0 Å². The van der Waals surface area contributed by atoms with E-state index >= 15 is 0 Å². The molecule has 3 rings (SSSR count). The Morgan fingerprint density at radius 1 is 1.00 bits per heavy atom. The average Bonchev–Trinajstić information content (AvgIpc) is 2.88. The Bertz CT molecular complexity index is 712. The van der Waals surface area contributed by atoms with Gasteiger partial charge in [-0.1, -0.05) is 6.07 Å². The standard InChI is InChI=1S/C15H11N3O4/c19-13-6-7-14(20)18(13)22-15(21)10-4-5-12(17-9-10)11-3-1-2-8-16-11/h1-5,8-9H,6-7H2. The van der Waals surface area contributed by atoms with E-state index in [1.165, 1.54) is 12.3 Å². The zero-order valence-electron chi connectivity index (χ0n) is 11.4. The smallest absolute Gasteiger partial charge is 0.325 e. The summed E-state index contributed by atoms with van der Waals surface area (Å²) in [5.41, 5.74) is 1.42. The lowest BCUT2D eigenvalue weighted by Gasteiger charge is -2.12. The Morgan fingerprint density at radius 3 is 2.32 bits per heavy atom. The number of hydrogen-bond donors (Lipinski definition) is 0. The second-order valence-electron chi connectivity index (χ2n) is 4.61. The van der Waals surface area contributed by atoms with Gasteiger partial charge in [0.25, 0.3) is 11.8 Å². The number of imide groups is 1. The van der Waals surface area contributed by atoms with Crippen molar-refractivity contribution in [2.24, 2.45) is 0 Å². The Morgan fingerprint density at radius 2 is 1.73 bits per heavy atom. The van der Waals surface area contributed by atoms with Gasteiger partial charge >= 0.3 is 5.97 Å². The van der Waals surface area contributed by atoms with Crippen molar-refractivity contribution in [3.63, 3.8) is 0 Å². The monoisotopic (exact) mass is 297 g/mol. The Labute approximate surface area is 125 Å². The molecule has 22 heavy (non-hydrogen) atoms. The van der Waals surface area contributed by atoms with E-state index in [9.17, 15) is 14.4 Å². The van der Waals surface area contributed by atoms with E-state index in [1.54, 1.807) is 24.4 Å². The highest BCUT2D eigenvalue weighted by Crippen LogP contribution is 2.16. The fourth-order valence-corrected chi connectivity index (χ4v) is 1.97. The van der Waals surface area contributed by atoms with Crippen molar-refractivity contribution in [1.82, 2.24) is 15.0 Å². The molecule has 0 radical (unpaired) electrons. The Kier molecular flexibility index (Phi) is 3.61. The Hall–Kier alpha value is -3.09. The van der Waals surface area contributed by atoms with Gasteiger partial charge in [0.1, 0.15) is 0 Å². The molecule has 7 heteroatoms. The number of nitrogens with zero attached hydrogens (tertiary/aromatic N) is 3. The summed E-state index contributed by atoms with van der Waals surface area (Å²) >= 11 is 0.